The highest BCUT2D eigenvalue weighted by atomic mass is 16.5. The normalized spacial score (nSPS) is 27.2. The molecule has 2 saturated heterocycles. The molecule has 5 heteroatoms. The van der Waals surface area contributed by atoms with Crippen molar-refractivity contribution >= 4 is 5.91 Å². The van der Waals surface area contributed by atoms with Gasteiger partial charge in [0.1, 0.15) is 0 Å². The van der Waals surface area contributed by atoms with Crippen LogP contribution in [0.3, 0.4) is 0 Å². The highest BCUT2D eigenvalue weighted by Gasteiger charge is 2.34. The zero-order valence-corrected chi connectivity index (χ0v) is 14.2. The molecule has 22 heavy (non-hydrogen) atoms. The summed E-state index contributed by atoms with van der Waals surface area (Å²) in [7, 11) is 0. The van der Waals surface area contributed by atoms with Gasteiger partial charge in [-0.1, -0.05) is 13.3 Å². The van der Waals surface area contributed by atoms with Gasteiger partial charge >= 0.3 is 0 Å². The van der Waals surface area contributed by atoms with Crippen LogP contribution in [0.4, 0.5) is 0 Å². The molecule has 0 saturated carbocycles. The van der Waals surface area contributed by atoms with E-state index in [1.165, 1.54) is 12.8 Å². The van der Waals surface area contributed by atoms with Gasteiger partial charge in [0.2, 0.25) is 5.91 Å². The molecule has 0 aromatic carbocycles. The second kappa shape index (κ2) is 9.48. The number of nitrogens with one attached hydrogen (secondary N) is 1. The van der Waals surface area contributed by atoms with Crippen LogP contribution in [0.15, 0.2) is 0 Å². The van der Waals surface area contributed by atoms with Gasteiger partial charge in [0.25, 0.3) is 0 Å². The molecule has 128 valence electrons. The van der Waals surface area contributed by atoms with E-state index in [-0.39, 0.29) is 11.8 Å². The number of ether oxygens (including phenoxy) is 2. The second-order valence-corrected chi connectivity index (χ2v) is 6.51. The molecular weight excluding hydrogens is 280 g/mol. The Bertz CT molecular complexity index is 332. The molecule has 0 bridgehead atoms. The van der Waals surface area contributed by atoms with Gasteiger partial charge in [-0.15, -0.1) is 0 Å². The van der Waals surface area contributed by atoms with Crippen molar-refractivity contribution in [3.05, 3.63) is 0 Å². The fourth-order valence-corrected chi connectivity index (χ4v) is 3.57. The first-order valence-electron chi connectivity index (χ1n) is 8.92. The van der Waals surface area contributed by atoms with Crippen LogP contribution in [0.1, 0.15) is 39.5 Å². The highest BCUT2D eigenvalue weighted by molar-refractivity contribution is 5.79. The molecule has 0 aromatic rings. The van der Waals surface area contributed by atoms with Crippen LogP contribution in [0, 0.1) is 11.8 Å². The summed E-state index contributed by atoms with van der Waals surface area (Å²) < 4.78 is 10.8. The van der Waals surface area contributed by atoms with Gasteiger partial charge in [-0.05, 0) is 32.1 Å². The third-order valence-electron chi connectivity index (χ3n) is 4.85. The molecule has 0 radical (unpaired) electrons. The lowest BCUT2D eigenvalue weighted by Gasteiger charge is -2.25. The number of hydrogen-bond donors (Lipinski definition) is 1. The largest absolute Gasteiger partial charge is 0.381 e. The van der Waals surface area contributed by atoms with Crippen molar-refractivity contribution in [2.24, 2.45) is 11.8 Å². The number of rotatable bonds is 8. The minimum Gasteiger partial charge on any atom is -0.381 e. The summed E-state index contributed by atoms with van der Waals surface area (Å²) in [6, 6.07) is 0.303. The molecule has 2 aliphatic rings. The number of hydrogen-bond acceptors (Lipinski definition) is 4. The van der Waals surface area contributed by atoms with Crippen molar-refractivity contribution in [3.63, 3.8) is 0 Å². The summed E-state index contributed by atoms with van der Waals surface area (Å²) in [6.45, 7) is 10.3. The van der Waals surface area contributed by atoms with Crippen LogP contribution in [0.5, 0.6) is 0 Å². The Morgan fingerprint density at radius 3 is 2.73 bits per heavy atom. The number of nitrogens with zero attached hydrogens (tertiary/aromatic N) is 1. The van der Waals surface area contributed by atoms with Gasteiger partial charge < -0.3 is 14.8 Å². The van der Waals surface area contributed by atoms with Gasteiger partial charge in [-0.3, -0.25) is 9.69 Å². The van der Waals surface area contributed by atoms with Gasteiger partial charge in [-0.2, -0.15) is 0 Å². The molecule has 2 aliphatic heterocycles. The Labute approximate surface area is 134 Å². The molecule has 2 atom stereocenters. The maximum absolute atomic E-state index is 12.5. The Hall–Kier alpha value is -0.650. The van der Waals surface area contributed by atoms with Gasteiger partial charge in [0, 0.05) is 51.4 Å². The van der Waals surface area contributed by atoms with Gasteiger partial charge in [-0.25, -0.2) is 0 Å². The number of likely N-dealkylation sites (tertiary alicyclic amines) is 1. The van der Waals surface area contributed by atoms with Crippen LogP contribution >= 0.6 is 0 Å². The molecular formula is C17H32N2O3. The van der Waals surface area contributed by atoms with Crippen LogP contribution in [-0.4, -0.2) is 62.9 Å². The summed E-state index contributed by atoms with van der Waals surface area (Å²) in [6.07, 6.45) is 4.09. The molecule has 2 rings (SSSR count). The number of carbonyl (C=O) groups excluding carboxylic acids is 1. The quantitative estimate of drug-likeness (QED) is 0.693. The van der Waals surface area contributed by atoms with Crippen molar-refractivity contribution in [3.8, 4) is 0 Å². The van der Waals surface area contributed by atoms with E-state index >= 15 is 0 Å². The Balaban J connectivity index is 1.82. The molecule has 0 aliphatic carbocycles. The summed E-state index contributed by atoms with van der Waals surface area (Å²) in [4.78, 5) is 14.9. The molecule has 0 unspecified atom stereocenters. The minimum atomic E-state index is 0.147. The summed E-state index contributed by atoms with van der Waals surface area (Å²) >= 11 is 0. The fraction of sp³-hybridized carbons (Fsp3) is 0.941. The maximum Gasteiger partial charge on any atom is 0.223 e. The molecule has 0 aromatic heterocycles. The topological polar surface area (TPSA) is 50.8 Å². The lowest BCUT2D eigenvalue weighted by Crippen LogP contribution is -2.44. The third-order valence-corrected chi connectivity index (χ3v) is 4.85. The Kier molecular flexibility index (Phi) is 7.63. The van der Waals surface area contributed by atoms with Crippen molar-refractivity contribution in [1.82, 2.24) is 10.2 Å². The van der Waals surface area contributed by atoms with Crippen LogP contribution in [0.25, 0.3) is 0 Å². The molecule has 0 spiro atoms. The average Bonchev–Trinajstić information content (AvgIpc) is 2.90. The lowest BCUT2D eigenvalue weighted by atomic mass is 9.95. The predicted octanol–water partition coefficient (Wildman–Crippen LogP) is 1.67. The average molecular weight is 312 g/mol. The highest BCUT2D eigenvalue weighted by Crippen LogP contribution is 2.23. The van der Waals surface area contributed by atoms with E-state index in [9.17, 15) is 4.79 Å². The van der Waals surface area contributed by atoms with E-state index in [4.69, 9.17) is 9.47 Å². The van der Waals surface area contributed by atoms with Crippen molar-refractivity contribution in [2.75, 3.05) is 46.1 Å². The molecule has 2 fully saturated rings. The second-order valence-electron chi connectivity index (χ2n) is 6.51. The molecule has 5 nitrogen and oxygen atoms in total. The summed E-state index contributed by atoms with van der Waals surface area (Å²) in [5.41, 5.74) is 0. The molecule has 1 amide bonds. The number of amides is 1. The van der Waals surface area contributed by atoms with E-state index in [0.29, 0.717) is 12.0 Å². The lowest BCUT2D eigenvalue weighted by molar-refractivity contribution is -0.128. The van der Waals surface area contributed by atoms with Crippen LogP contribution < -0.4 is 5.32 Å². The van der Waals surface area contributed by atoms with Crippen molar-refractivity contribution in [2.45, 2.75) is 45.6 Å². The van der Waals surface area contributed by atoms with E-state index in [1.54, 1.807) is 0 Å². The fourth-order valence-electron chi connectivity index (χ4n) is 3.57. The first-order chi connectivity index (χ1) is 10.7. The first-order valence-corrected chi connectivity index (χ1v) is 8.92. The summed E-state index contributed by atoms with van der Waals surface area (Å²) in [5.74, 6) is 0.963. The van der Waals surface area contributed by atoms with E-state index < -0.39 is 0 Å². The van der Waals surface area contributed by atoms with Crippen molar-refractivity contribution < 1.29 is 14.3 Å². The molecule has 1 N–H and O–H groups in total. The smallest absolute Gasteiger partial charge is 0.223 e. The standard InChI is InChI=1S/C17H32N2O3/c1-3-5-15-12-19(8-11-21-4-2)13-16(15)18-17(20)14-6-9-22-10-7-14/h14-16H,3-13H2,1-2H3,(H,18,20)/t15-,16-/m1/s1. The summed E-state index contributed by atoms with van der Waals surface area (Å²) in [5, 5.41) is 3.33. The first kappa shape index (κ1) is 17.7. The number of carbonyl (C=O) groups is 1. The van der Waals surface area contributed by atoms with E-state index in [0.717, 1.165) is 58.9 Å². The van der Waals surface area contributed by atoms with E-state index in [2.05, 4.69) is 17.1 Å². The predicted molar refractivity (Wildman–Crippen MR) is 86.8 cm³/mol. The van der Waals surface area contributed by atoms with Gasteiger partial charge in [0.05, 0.1) is 6.61 Å². The molecule has 2 heterocycles. The monoisotopic (exact) mass is 312 g/mol. The zero-order valence-electron chi connectivity index (χ0n) is 14.2. The Morgan fingerprint density at radius 2 is 2.05 bits per heavy atom. The Morgan fingerprint density at radius 1 is 1.27 bits per heavy atom. The third kappa shape index (κ3) is 5.21. The SMILES string of the molecule is CCC[C@@H]1CN(CCOCC)C[C@H]1NC(=O)C1CCOCC1. The van der Waals surface area contributed by atoms with E-state index in [1.807, 2.05) is 6.92 Å². The zero-order chi connectivity index (χ0) is 15.8. The van der Waals surface area contributed by atoms with Crippen LogP contribution in [-0.2, 0) is 14.3 Å². The van der Waals surface area contributed by atoms with Crippen LogP contribution in [0.2, 0.25) is 0 Å². The maximum atomic E-state index is 12.5. The van der Waals surface area contributed by atoms with Crippen molar-refractivity contribution in [1.29, 1.82) is 0 Å². The van der Waals surface area contributed by atoms with Gasteiger partial charge in [0.15, 0.2) is 0 Å². The minimum absolute atomic E-state index is 0.147.